The summed E-state index contributed by atoms with van der Waals surface area (Å²) in [6.45, 7) is 5.79. The van der Waals surface area contributed by atoms with E-state index in [1.54, 1.807) is 25.1 Å². The van der Waals surface area contributed by atoms with Crippen molar-refractivity contribution in [2.75, 3.05) is 6.61 Å². The molecule has 0 amide bonds. The third kappa shape index (κ3) is 6.27. The summed E-state index contributed by atoms with van der Waals surface area (Å²) in [4.78, 5) is 74.6. The molecule has 0 bridgehead atoms. The largest absolute Gasteiger partial charge is 0.463 e. The number of hydrogen-bond donors (Lipinski definition) is 0. The first-order valence-corrected chi connectivity index (χ1v) is 12.7. The Labute approximate surface area is 234 Å². The van der Waals surface area contributed by atoms with E-state index in [2.05, 4.69) is 0 Å². The number of carbonyl (C=O) groups excluding carboxylic acids is 6. The van der Waals surface area contributed by atoms with Gasteiger partial charge in [-0.2, -0.15) is 0 Å². The van der Waals surface area contributed by atoms with E-state index < -0.39 is 67.0 Å². The summed E-state index contributed by atoms with van der Waals surface area (Å²) in [5, 5.41) is 0. The summed E-state index contributed by atoms with van der Waals surface area (Å²) < 4.78 is 33.3. The molecule has 1 heterocycles. The van der Waals surface area contributed by atoms with Crippen LogP contribution in [0.2, 0.25) is 0 Å². The van der Waals surface area contributed by atoms with E-state index in [9.17, 15) is 28.8 Å². The summed E-state index contributed by atoms with van der Waals surface area (Å²) in [5.74, 6) is -4.00. The van der Waals surface area contributed by atoms with Gasteiger partial charge in [-0.15, -0.1) is 0 Å². The molecule has 1 saturated heterocycles. The van der Waals surface area contributed by atoms with Gasteiger partial charge < -0.3 is 28.4 Å². The predicted molar refractivity (Wildman–Crippen MR) is 137 cm³/mol. The second-order valence-electron chi connectivity index (χ2n) is 9.57. The molecule has 2 aliphatic rings. The Morgan fingerprint density at radius 2 is 1.37 bits per heavy atom. The van der Waals surface area contributed by atoms with E-state index in [4.69, 9.17) is 28.4 Å². The van der Waals surface area contributed by atoms with Crippen molar-refractivity contribution in [1.29, 1.82) is 0 Å². The van der Waals surface area contributed by atoms with E-state index in [1.807, 2.05) is 0 Å². The second kappa shape index (κ2) is 11.9. The SMILES string of the molecule is CC(=O)OCC1OC(Oc2cccc3c2C(=O)c2cc(C)ccc2C3=O)C(OC(C)=O)C(OC(C)=O)C1OC(C)=O. The lowest BCUT2D eigenvalue weighted by Crippen LogP contribution is -2.63. The van der Waals surface area contributed by atoms with E-state index in [1.165, 1.54) is 18.2 Å². The minimum atomic E-state index is -1.57. The van der Waals surface area contributed by atoms with Gasteiger partial charge in [0, 0.05) is 44.4 Å². The lowest BCUT2D eigenvalue weighted by atomic mass is 9.83. The van der Waals surface area contributed by atoms with Crippen LogP contribution < -0.4 is 4.74 Å². The molecule has 4 rings (SSSR count). The van der Waals surface area contributed by atoms with Crippen molar-refractivity contribution < 1.29 is 57.2 Å². The van der Waals surface area contributed by atoms with Crippen molar-refractivity contribution in [2.24, 2.45) is 0 Å². The highest BCUT2D eigenvalue weighted by molar-refractivity contribution is 6.29. The third-order valence-corrected chi connectivity index (χ3v) is 6.35. The molecular formula is C29H28O12. The van der Waals surface area contributed by atoms with Crippen molar-refractivity contribution in [2.45, 2.75) is 65.3 Å². The van der Waals surface area contributed by atoms with Crippen molar-refractivity contribution in [3.63, 3.8) is 0 Å². The fourth-order valence-corrected chi connectivity index (χ4v) is 4.79. The number of hydrogen-bond acceptors (Lipinski definition) is 12. The fraction of sp³-hybridized carbons (Fsp3) is 0.379. The molecule has 1 aliphatic heterocycles. The molecule has 1 aliphatic carbocycles. The van der Waals surface area contributed by atoms with Gasteiger partial charge in [-0.3, -0.25) is 28.8 Å². The molecule has 0 radical (unpaired) electrons. The highest BCUT2D eigenvalue weighted by Crippen LogP contribution is 2.37. The molecule has 12 heteroatoms. The molecule has 12 nitrogen and oxygen atoms in total. The van der Waals surface area contributed by atoms with Gasteiger partial charge in [-0.05, 0) is 19.1 Å². The van der Waals surface area contributed by atoms with Crippen LogP contribution in [0, 0.1) is 6.92 Å². The Bertz CT molecular complexity index is 1430. The zero-order valence-corrected chi connectivity index (χ0v) is 23.0. The fourth-order valence-electron chi connectivity index (χ4n) is 4.79. The monoisotopic (exact) mass is 568 g/mol. The van der Waals surface area contributed by atoms with Gasteiger partial charge in [0.05, 0.1) is 5.56 Å². The first-order valence-electron chi connectivity index (χ1n) is 12.7. The number of benzene rings is 2. The summed E-state index contributed by atoms with van der Waals surface area (Å²) in [6.07, 6.45) is -7.15. The van der Waals surface area contributed by atoms with Crippen LogP contribution in [0.1, 0.15) is 65.1 Å². The number of rotatable bonds is 7. The van der Waals surface area contributed by atoms with E-state index >= 15 is 0 Å². The highest BCUT2D eigenvalue weighted by atomic mass is 16.7. The number of fused-ring (bicyclic) bond motifs is 2. The van der Waals surface area contributed by atoms with Crippen molar-refractivity contribution >= 4 is 35.4 Å². The van der Waals surface area contributed by atoms with Crippen LogP contribution in [0.4, 0.5) is 0 Å². The Morgan fingerprint density at radius 1 is 0.732 bits per heavy atom. The van der Waals surface area contributed by atoms with Crippen molar-refractivity contribution in [3.05, 3.63) is 64.2 Å². The molecule has 0 spiro atoms. The van der Waals surface area contributed by atoms with Gasteiger partial charge in [-0.25, -0.2) is 0 Å². The highest BCUT2D eigenvalue weighted by Gasteiger charge is 2.53. The molecule has 0 aromatic heterocycles. The molecule has 5 atom stereocenters. The van der Waals surface area contributed by atoms with Crippen LogP contribution in [0.3, 0.4) is 0 Å². The molecule has 5 unspecified atom stereocenters. The lowest BCUT2D eigenvalue weighted by molar-refractivity contribution is -0.288. The molecule has 0 saturated carbocycles. The molecule has 216 valence electrons. The summed E-state index contributed by atoms with van der Waals surface area (Å²) in [6, 6.07) is 9.33. The van der Waals surface area contributed by atoms with Gasteiger partial charge in [0.15, 0.2) is 23.8 Å². The molecular weight excluding hydrogens is 540 g/mol. The van der Waals surface area contributed by atoms with Crippen LogP contribution in [-0.4, -0.2) is 72.8 Å². The number of ether oxygens (including phenoxy) is 6. The van der Waals surface area contributed by atoms with E-state index in [0.717, 1.165) is 33.3 Å². The van der Waals surface area contributed by atoms with Crippen molar-refractivity contribution in [3.8, 4) is 5.75 Å². The number of esters is 4. The lowest BCUT2D eigenvalue weighted by Gasteiger charge is -2.44. The first kappa shape index (κ1) is 29.4. The Morgan fingerprint density at radius 3 is 2.00 bits per heavy atom. The topological polar surface area (TPSA) is 158 Å². The average Bonchev–Trinajstić information content (AvgIpc) is 2.88. The maximum atomic E-state index is 13.6. The van der Waals surface area contributed by atoms with Gasteiger partial charge in [0.25, 0.3) is 0 Å². The smallest absolute Gasteiger partial charge is 0.303 e. The van der Waals surface area contributed by atoms with Crippen LogP contribution in [0.15, 0.2) is 36.4 Å². The molecule has 2 aromatic rings. The minimum absolute atomic E-state index is 0.0385. The zero-order chi connectivity index (χ0) is 30.0. The number of carbonyl (C=O) groups is 6. The standard InChI is InChI=1S/C29H28O12/c1-13-9-10-18-20(11-13)25(35)23-19(24(18)34)7-6-8-21(23)40-29-28(39-17(5)33)27(38-16(4)32)26(37-15(3)31)22(41-29)12-36-14(2)30/h6-11,22,26-29H,12H2,1-5H3. The Kier molecular flexibility index (Phi) is 8.52. The number of aryl methyl sites for hydroxylation is 1. The van der Waals surface area contributed by atoms with Crippen LogP contribution in [0.25, 0.3) is 0 Å². The maximum absolute atomic E-state index is 13.6. The third-order valence-electron chi connectivity index (χ3n) is 6.35. The van der Waals surface area contributed by atoms with Crippen LogP contribution >= 0.6 is 0 Å². The summed E-state index contributed by atoms with van der Waals surface area (Å²) in [5.41, 5.74) is 1.27. The first-order chi connectivity index (χ1) is 19.4. The Hall–Kier alpha value is -4.58. The molecule has 0 N–H and O–H groups in total. The van der Waals surface area contributed by atoms with E-state index in [0.29, 0.717) is 0 Å². The Balaban J connectivity index is 1.79. The van der Waals surface area contributed by atoms with Crippen LogP contribution in [0.5, 0.6) is 5.75 Å². The number of ketones is 2. The second-order valence-corrected chi connectivity index (χ2v) is 9.57. The molecule has 2 aromatic carbocycles. The molecule has 41 heavy (non-hydrogen) atoms. The predicted octanol–water partition coefficient (Wildman–Crippen LogP) is 2.23. The van der Waals surface area contributed by atoms with Crippen LogP contribution in [-0.2, 0) is 42.9 Å². The zero-order valence-electron chi connectivity index (χ0n) is 23.0. The quantitative estimate of drug-likeness (QED) is 0.303. The minimum Gasteiger partial charge on any atom is -0.463 e. The maximum Gasteiger partial charge on any atom is 0.303 e. The van der Waals surface area contributed by atoms with Gasteiger partial charge in [0.1, 0.15) is 18.5 Å². The average molecular weight is 569 g/mol. The van der Waals surface area contributed by atoms with Gasteiger partial charge in [-0.1, -0.05) is 29.8 Å². The van der Waals surface area contributed by atoms with Gasteiger partial charge in [0.2, 0.25) is 12.4 Å². The summed E-state index contributed by atoms with van der Waals surface area (Å²) >= 11 is 0. The molecule has 1 fully saturated rings. The normalized spacial score (nSPS) is 23.0. The summed E-state index contributed by atoms with van der Waals surface area (Å²) in [7, 11) is 0. The van der Waals surface area contributed by atoms with Crippen molar-refractivity contribution in [1.82, 2.24) is 0 Å². The van der Waals surface area contributed by atoms with Gasteiger partial charge >= 0.3 is 23.9 Å². The van der Waals surface area contributed by atoms with E-state index in [-0.39, 0.29) is 33.8 Å².